The summed E-state index contributed by atoms with van der Waals surface area (Å²) >= 11 is 11.9. The maximum absolute atomic E-state index is 12.3. The Morgan fingerprint density at radius 3 is 2.13 bits per heavy atom. The van der Waals surface area contributed by atoms with Gasteiger partial charge in [-0.3, -0.25) is 4.79 Å². The van der Waals surface area contributed by atoms with Crippen LogP contribution in [0.3, 0.4) is 0 Å². The number of carbonyl (C=O) groups excluding carboxylic acids is 2. The van der Waals surface area contributed by atoms with Crippen molar-refractivity contribution < 1.29 is 23.8 Å². The largest absolute Gasteiger partial charge is 0.489 e. The summed E-state index contributed by atoms with van der Waals surface area (Å²) in [5.41, 5.74) is 4.36. The number of hydrazone groups is 1. The van der Waals surface area contributed by atoms with Gasteiger partial charge in [-0.1, -0.05) is 53.5 Å². The molecule has 4 aromatic carbocycles. The van der Waals surface area contributed by atoms with Crippen molar-refractivity contribution in [3.63, 3.8) is 0 Å². The standard InChI is InChI=1S/C29H22Cl2N2O5/c30-22-8-15-26(27(31)16-22)29(35)38-25-9-6-20(7-10-25)17-32-33-28(34)19-37-24-13-11-23(12-14-24)36-18-21-4-2-1-3-5-21/h1-17H,18-19H2,(H,33,34)/b32-17-. The van der Waals surface area contributed by atoms with Crippen LogP contribution in [0.15, 0.2) is 102 Å². The van der Waals surface area contributed by atoms with Gasteiger partial charge >= 0.3 is 5.97 Å². The summed E-state index contributed by atoms with van der Waals surface area (Å²) in [6.45, 7) is 0.261. The van der Waals surface area contributed by atoms with Gasteiger partial charge in [0, 0.05) is 5.02 Å². The summed E-state index contributed by atoms with van der Waals surface area (Å²) in [7, 11) is 0. The molecular weight excluding hydrogens is 527 g/mol. The highest BCUT2D eigenvalue weighted by Gasteiger charge is 2.13. The number of hydrogen-bond acceptors (Lipinski definition) is 6. The summed E-state index contributed by atoms with van der Waals surface area (Å²) < 4.78 is 16.5. The number of halogens is 2. The molecule has 1 amide bonds. The van der Waals surface area contributed by atoms with Crippen LogP contribution >= 0.6 is 23.2 Å². The van der Waals surface area contributed by atoms with Crippen molar-refractivity contribution in [1.82, 2.24) is 5.43 Å². The quantitative estimate of drug-likeness (QED) is 0.108. The van der Waals surface area contributed by atoms with Crippen molar-refractivity contribution in [3.8, 4) is 17.2 Å². The van der Waals surface area contributed by atoms with E-state index in [1.165, 1.54) is 18.3 Å². The van der Waals surface area contributed by atoms with E-state index in [4.69, 9.17) is 37.4 Å². The second-order valence-corrected chi connectivity index (χ2v) is 8.75. The van der Waals surface area contributed by atoms with Gasteiger partial charge in [-0.15, -0.1) is 0 Å². The van der Waals surface area contributed by atoms with Gasteiger partial charge in [-0.2, -0.15) is 5.10 Å². The summed E-state index contributed by atoms with van der Waals surface area (Å²) in [5.74, 6) is 0.531. The predicted molar refractivity (Wildman–Crippen MR) is 146 cm³/mol. The summed E-state index contributed by atoms with van der Waals surface area (Å²) in [6.07, 6.45) is 1.46. The number of nitrogens with one attached hydrogen (secondary N) is 1. The molecular formula is C29H22Cl2N2O5. The van der Waals surface area contributed by atoms with Gasteiger partial charge in [-0.25, -0.2) is 10.2 Å². The van der Waals surface area contributed by atoms with Crippen molar-refractivity contribution >= 4 is 41.3 Å². The van der Waals surface area contributed by atoms with E-state index in [-0.39, 0.29) is 17.2 Å². The van der Waals surface area contributed by atoms with Crippen molar-refractivity contribution in [2.24, 2.45) is 5.10 Å². The fourth-order valence-corrected chi connectivity index (χ4v) is 3.66. The van der Waals surface area contributed by atoms with E-state index in [0.29, 0.717) is 34.4 Å². The normalized spacial score (nSPS) is 10.7. The highest BCUT2D eigenvalue weighted by molar-refractivity contribution is 6.36. The number of esters is 1. The minimum Gasteiger partial charge on any atom is -0.489 e. The van der Waals surface area contributed by atoms with E-state index in [0.717, 1.165) is 5.56 Å². The van der Waals surface area contributed by atoms with E-state index in [2.05, 4.69) is 10.5 Å². The molecule has 0 aliphatic heterocycles. The zero-order valence-corrected chi connectivity index (χ0v) is 21.5. The Morgan fingerprint density at radius 1 is 0.789 bits per heavy atom. The Morgan fingerprint density at radius 2 is 1.45 bits per heavy atom. The smallest absolute Gasteiger partial charge is 0.345 e. The lowest BCUT2D eigenvalue weighted by molar-refractivity contribution is -0.123. The Bertz CT molecular complexity index is 1410. The molecule has 0 bridgehead atoms. The molecule has 0 fully saturated rings. The predicted octanol–water partition coefficient (Wildman–Crippen LogP) is 6.32. The van der Waals surface area contributed by atoms with Gasteiger partial charge in [0.1, 0.15) is 23.9 Å². The summed E-state index contributed by atoms with van der Waals surface area (Å²) in [4.78, 5) is 24.3. The molecule has 0 radical (unpaired) electrons. The lowest BCUT2D eigenvalue weighted by Gasteiger charge is -2.08. The van der Waals surface area contributed by atoms with Crippen LogP contribution < -0.4 is 19.6 Å². The topological polar surface area (TPSA) is 86.2 Å². The highest BCUT2D eigenvalue weighted by atomic mass is 35.5. The number of ether oxygens (including phenoxy) is 3. The number of carbonyl (C=O) groups is 2. The van der Waals surface area contributed by atoms with Gasteiger partial charge in [-0.05, 0) is 77.9 Å². The molecule has 0 aliphatic carbocycles. The third kappa shape index (κ3) is 8.09. The molecule has 4 rings (SSSR count). The molecule has 0 saturated heterocycles. The molecule has 0 saturated carbocycles. The van der Waals surface area contributed by atoms with Crippen LogP contribution in [0.25, 0.3) is 0 Å². The van der Waals surface area contributed by atoms with E-state index in [9.17, 15) is 9.59 Å². The molecule has 0 spiro atoms. The fraction of sp³-hybridized carbons (Fsp3) is 0.0690. The molecule has 0 heterocycles. The summed E-state index contributed by atoms with van der Waals surface area (Å²) in [5, 5.41) is 4.55. The van der Waals surface area contributed by atoms with Crippen LogP contribution in [0.1, 0.15) is 21.5 Å². The van der Waals surface area contributed by atoms with Crippen molar-refractivity contribution in [3.05, 3.63) is 124 Å². The second kappa shape index (κ2) is 13.3. The molecule has 192 valence electrons. The maximum atomic E-state index is 12.3. The van der Waals surface area contributed by atoms with Crippen molar-refractivity contribution in [2.75, 3.05) is 6.61 Å². The van der Waals surface area contributed by atoms with Gasteiger partial charge < -0.3 is 14.2 Å². The van der Waals surface area contributed by atoms with Gasteiger partial charge in [0.25, 0.3) is 5.91 Å². The third-order valence-electron chi connectivity index (χ3n) is 5.09. The Kier molecular flexibility index (Phi) is 9.34. The summed E-state index contributed by atoms with van der Waals surface area (Å²) in [6, 6.07) is 27.9. The molecule has 0 aromatic heterocycles. The van der Waals surface area contributed by atoms with Crippen LogP contribution in [0, 0.1) is 0 Å². The van der Waals surface area contributed by atoms with E-state index in [1.807, 2.05) is 30.3 Å². The van der Waals surface area contributed by atoms with E-state index >= 15 is 0 Å². The number of nitrogens with zero attached hydrogens (tertiary/aromatic N) is 1. The molecule has 0 aliphatic rings. The van der Waals surface area contributed by atoms with Gasteiger partial charge in [0.05, 0.1) is 16.8 Å². The molecule has 1 N–H and O–H groups in total. The molecule has 4 aromatic rings. The second-order valence-electron chi connectivity index (χ2n) is 7.91. The van der Waals surface area contributed by atoms with Crippen LogP contribution in [0.2, 0.25) is 10.0 Å². The monoisotopic (exact) mass is 548 g/mol. The first-order valence-corrected chi connectivity index (χ1v) is 12.2. The minimum absolute atomic E-state index is 0.204. The molecule has 0 unspecified atom stereocenters. The fourth-order valence-electron chi connectivity index (χ4n) is 3.17. The van der Waals surface area contributed by atoms with E-state index in [1.54, 1.807) is 54.6 Å². The average Bonchev–Trinajstić information content (AvgIpc) is 2.93. The first-order valence-electron chi connectivity index (χ1n) is 11.4. The Hall–Kier alpha value is -4.33. The SMILES string of the molecule is O=C(COc1ccc(OCc2ccccc2)cc1)N/N=C\c1ccc(OC(=O)c2ccc(Cl)cc2Cl)cc1. The maximum Gasteiger partial charge on any atom is 0.345 e. The van der Waals surface area contributed by atoms with Crippen LogP contribution in [-0.2, 0) is 11.4 Å². The zero-order valence-electron chi connectivity index (χ0n) is 20.0. The molecule has 7 nitrogen and oxygen atoms in total. The average molecular weight is 549 g/mol. The third-order valence-corrected chi connectivity index (χ3v) is 5.63. The van der Waals surface area contributed by atoms with E-state index < -0.39 is 11.9 Å². The number of benzene rings is 4. The number of rotatable bonds is 10. The lowest BCUT2D eigenvalue weighted by atomic mass is 10.2. The molecule has 9 heteroatoms. The van der Waals surface area contributed by atoms with Crippen molar-refractivity contribution in [1.29, 1.82) is 0 Å². The zero-order chi connectivity index (χ0) is 26.7. The number of hydrogen-bond donors (Lipinski definition) is 1. The molecule has 0 atom stereocenters. The van der Waals surface area contributed by atoms with Gasteiger partial charge in [0.2, 0.25) is 0 Å². The highest BCUT2D eigenvalue weighted by Crippen LogP contribution is 2.23. The van der Waals surface area contributed by atoms with Crippen LogP contribution in [0.4, 0.5) is 0 Å². The van der Waals surface area contributed by atoms with Crippen LogP contribution in [0.5, 0.6) is 17.2 Å². The Labute approximate surface area is 229 Å². The van der Waals surface area contributed by atoms with Gasteiger partial charge in [0.15, 0.2) is 6.61 Å². The Balaban J connectivity index is 1.19. The van der Waals surface area contributed by atoms with Crippen molar-refractivity contribution in [2.45, 2.75) is 6.61 Å². The first-order chi connectivity index (χ1) is 18.5. The first kappa shape index (κ1) is 26.7. The number of amides is 1. The molecule has 38 heavy (non-hydrogen) atoms. The van der Waals surface area contributed by atoms with Crippen LogP contribution in [-0.4, -0.2) is 24.7 Å². The minimum atomic E-state index is -0.602. The lowest BCUT2D eigenvalue weighted by Crippen LogP contribution is -2.24.